The number of hydrogen-bond acceptors (Lipinski definition) is 3. The molecule has 0 fully saturated rings. The summed E-state index contributed by atoms with van der Waals surface area (Å²) in [5.41, 5.74) is 0. The monoisotopic (exact) mass is 204 g/mol. The summed E-state index contributed by atoms with van der Waals surface area (Å²) in [6.07, 6.45) is -0.761. The SMILES string of the molecule is CCCOC(=O)C(C)C(=O)C(F)CC. The molecule has 0 aromatic heterocycles. The van der Waals surface area contributed by atoms with Crippen LogP contribution in [0.15, 0.2) is 0 Å². The molecule has 0 spiro atoms. The Bertz CT molecular complexity index is 204. The zero-order valence-corrected chi connectivity index (χ0v) is 8.88. The van der Waals surface area contributed by atoms with Gasteiger partial charge in [-0.15, -0.1) is 0 Å². The normalized spacial score (nSPS) is 14.6. The molecule has 0 aromatic rings. The van der Waals surface area contributed by atoms with Crippen molar-refractivity contribution in [2.75, 3.05) is 6.61 Å². The molecule has 0 rings (SSSR count). The molecular weight excluding hydrogens is 187 g/mol. The molecule has 0 aromatic carbocycles. The lowest BCUT2D eigenvalue weighted by Crippen LogP contribution is -2.30. The predicted octanol–water partition coefficient (Wildman–Crippen LogP) is 1.89. The van der Waals surface area contributed by atoms with Crippen molar-refractivity contribution in [2.24, 2.45) is 5.92 Å². The highest BCUT2D eigenvalue weighted by Gasteiger charge is 2.28. The number of alkyl halides is 1. The molecule has 4 heteroatoms. The molecule has 0 heterocycles. The number of halogens is 1. The maximum atomic E-state index is 12.9. The van der Waals surface area contributed by atoms with Crippen LogP contribution in [0.1, 0.15) is 33.6 Å². The van der Waals surface area contributed by atoms with Gasteiger partial charge in [-0.1, -0.05) is 13.8 Å². The van der Waals surface area contributed by atoms with Crippen molar-refractivity contribution >= 4 is 11.8 Å². The molecule has 3 nitrogen and oxygen atoms in total. The maximum absolute atomic E-state index is 12.9. The minimum Gasteiger partial charge on any atom is -0.465 e. The Kier molecular flexibility index (Phi) is 6.08. The molecule has 2 atom stereocenters. The first-order chi connectivity index (χ1) is 6.54. The average Bonchev–Trinajstić information content (AvgIpc) is 2.22. The van der Waals surface area contributed by atoms with Gasteiger partial charge in [0.15, 0.2) is 12.0 Å². The number of hydrogen-bond donors (Lipinski definition) is 0. The summed E-state index contributed by atoms with van der Waals surface area (Å²) in [6, 6.07) is 0. The number of carbonyl (C=O) groups excluding carboxylic acids is 2. The lowest BCUT2D eigenvalue weighted by Gasteiger charge is -2.11. The second-order valence-corrected chi connectivity index (χ2v) is 3.17. The molecule has 0 saturated heterocycles. The van der Waals surface area contributed by atoms with E-state index in [1.54, 1.807) is 6.92 Å². The third kappa shape index (κ3) is 3.85. The standard InChI is InChI=1S/C10H17FO3/c1-4-6-14-10(13)7(3)9(12)8(11)5-2/h7-8H,4-6H2,1-3H3. The fourth-order valence-corrected chi connectivity index (χ4v) is 0.916. The Labute approximate surface area is 83.6 Å². The van der Waals surface area contributed by atoms with Crippen molar-refractivity contribution in [1.29, 1.82) is 0 Å². The molecule has 0 radical (unpaired) electrons. The summed E-state index contributed by atoms with van der Waals surface area (Å²) in [4.78, 5) is 22.4. The van der Waals surface area contributed by atoms with Crippen molar-refractivity contribution in [3.8, 4) is 0 Å². The van der Waals surface area contributed by atoms with Crippen LogP contribution < -0.4 is 0 Å². The largest absolute Gasteiger partial charge is 0.465 e. The molecule has 2 unspecified atom stereocenters. The van der Waals surface area contributed by atoms with Gasteiger partial charge in [-0.2, -0.15) is 0 Å². The average molecular weight is 204 g/mol. The highest BCUT2D eigenvalue weighted by atomic mass is 19.1. The molecule has 0 aliphatic heterocycles. The quantitative estimate of drug-likeness (QED) is 0.490. The lowest BCUT2D eigenvalue weighted by molar-refractivity contribution is -0.152. The molecule has 14 heavy (non-hydrogen) atoms. The van der Waals surface area contributed by atoms with Crippen LogP contribution in [0.25, 0.3) is 0 Å². The second kappa shape index (κ2) is 6.51. The van der Waals surface area contributed by atoms with E-state index in [4.69, 9.17) is 4.74 Å². The Morgan fingerprint density at radius 1 is 1.36 bits per heavy atom. The van der Waals surface area contributed by atoms with E-state index in [1.807, 2.05) is 6.92 Å². The van der Waals surface area contributed by atoms with E-state index in [9.17, 15) is 14.0 Å². The summed E-state index contributed by atoms with van der Waals surface area (Å²) in [6.45, 7) is 5.07. The summed E-state index contributed by atoms with van der Waals surface area (Å²) in [5.74, 6) is -2.31. The van der Waals surface area contributed by atoms with Crippen LogP contribution in [0, 0.1) is 5.92 Å². The molecule has 82 valence electrons. The van der Waals surface area contributed by atoms with E-state index in [1.165, 1.54) is 6.92 Å². The Morgan fingerprint density at radius 3 is 2.36 bits per heavy atom. The van der Waals surface area contributed by atoms with Crippen LogP contribution in [0.2, 0.25) is 0 Å². The van der Waals surface area contributed by atoms with Gasteiger partial charge < -0.3 is 4.74 Å². The van der Waals surface area contributed by atoms with Gasteiger partial charge >= 0.3 is 5.97 Å². The van der Waals surface area contributed by atoms with Gasteiger partial charge in [0, 0.05) is 0 Å². The van der Waals surface area contributed by atoms with E-state index in [0.717, 1.165) is 0 Å². The second-order valence-electron chi connectivity index (χ2n) is 3.17. The van der Waals surface area contributed by atoms with Crippen LogP contribution in [-0.2, 0) is 14.3 Å². The number of esters is 1. The van der Waals surface area contributed by atoms with E-state index >= 15 is 0 Å². The topological polar surface area (TPSA) is 43.4 Å². The van der Waals surface area contributed by atoms with Crippen molar-refractivity contribution in [3.63, 3.8) is 0 Å². The minimum atomic E-state index is -1.56. The van der Waals surface area contributed by atoms with Crippen molar-refractivity contribution in [1.82, 2.24) is 0 Å². The van der Waals surface area contributed by atoms with E-state index in [-0.39, 0.29) is 13.0 Å². The van der Waals surface area contributed by atoms with E-state index < -0.39 is 23.8 Å². The van der Waals surface area contributed by atoms with Crippen molar-refractivity contribution in [2.45, 2.75) is 39.8 Å². The van der Waals surface area contributed by atoms with E-state index in [0.29, 0.717) is 6.42 Å². The van der Waals surface area contributed by atoms with Gasteiger partial charge in [0.05, 0.1) is 6.61 Å². The smallest absolute Gasteiger partial charge is 0.316 e. The minimum absolute atomic E-state index is 0.101. The summed E-state index contributed by atoms with van der Waals surface area (Å²) in [5, 5.41) is 0. The van der Waals surface area contributed by atoms with Gasteiger partial charge in [-0.05, 0) is 19.8 Å². The zero-order chi connectivity index (χ0) is 11.1. The van der Waals surface area contributed by atoms with Gasteiger partial charge in [0.2, 0.25) is 0 Å². The Hall–Kier alpha value is -0.930. The Balaban J connectivity index is 4.10. The summed E-state index contributed by atoms with van der Waals surface area (Å²) >= 11 is 0. The highest BCUT2D eigenvalue weighted by Crippen LogP contribution is 2.09. The predicted molar refractivity (Wildman–Crippen MR) is 50.6 cm³/mol. The third-order valence-electron chi connectivity index (χ3n) is 1.90. The van der Waals surface area contributed by atoms with Crippen LogP contribution in [0.3, 0.4) is 0 Å². The molecule has 0 aliphatic carbocycles. The van der Waals surface area contributed by atoms with E-state index in [2.05, 4.69) is 0 Å². The fraction of sp³-hybridized carbons (Fsp3) is 0.800. The first kappa shape index (κ1) is 13.1. The first-order valence-electron chi connectivity index (χ1n) is 4.89. The van der Waals surface area contributed by atoms with Gasteiger partial charge in [-0.25, -0.2) is 4.39 Å². The molecular formula is C10H17FO3. The van der Waals surface area contributed by atoms with Gasteiger partial charge in [-0.3, -0.25) is 9.59 Å². The van der Waals surface area contributed by atoms with Crippen molar-refractivity contribution in [3.05, 3.63) is 0 Å². The molecule has 0 amide bonds. The highest BCUT2D eigenvalue weighted by molar-refractivity contribution is 6.00. The zero-order valence-electron chi connectivity index (χ0n) is 8.88. The van der Waals surface area contributed by atoms with Crippen molar-refractivity contribution < 1.29 is 18.7 Å². The summed E-state index contributed by atoms with van der Waals surface area (Å²) < 4.78 is 17.6. The van der Waals surface area contributed by atoms with Crippen LogP contribution in [-0.4, -0.2) is 24.5 Å². The number of ether oxygens (including phenoxy) is 1. The first-order valence-corrected chi connectivity index (χ1v) is 4.89. The lowest BCUT2D eigenvalue weighted by atomic mass is 10.0. The maximum Gasteiger partial charge on any atom is 0.316 e. The molecule has 0 saturated carbocycles. The number of rotatable bonds is 6. The molecule has 0 aliphatic rings. The molecule has 0 N–H and O–H groups in total. The van der Waals surface area contributed by atoms with Gasteiger partial charge in [0.1, 0.15) is 5.92 Å². The number of carbonyl (C=O) groups is 2. The molecule has 0 bridgehead atoms. The van der Waals surface area contributed by atoms with Crippen LogP contribution in [0.5, 0.6) is 0 Å². The number of ketones is 1. The van der Waals surface area contributed by atoms with Gasteiger partial charge in [0.25, 0.3) is 0 Å². The third-order valence-corrected chi connectivity index (χ3v) is 1.90. The number of Topliss-reactive ketones (excluding diaryl/α,β-unsaturated/α-hetero) is 1. The van der Waals surface area contributed by atoms with Crippen LogP contribution in [0.4, 0.5) is 4.39 Å². The van der Waals surface area contributed by atoms with Crippen LogP contribution >= 0.6 is 0 Å². The Morgan fingerprint density at radius 2 is 1.93 bits per heavy atom. The fourth-order valence-electron chi connectivity index (χ4n) is 0.916. The summed E-state index contributed by atoms with van der Waals surface area (Å²) in [7, 11) is 0.